The smallest absolute Gasteiger partial charge is 0.385 e. The van der Waals surface area contributed by atoms with Crippen LogP contribution in [0, 0.1) is 0 Å². The lowest BCUT2D eigenvalue weighted by Crippen LogP contribution is -2.48. The van der Waals surface area contributed by atoms with E-state index in [1.54, 1.807) is 6.07 Å². The number of aromatic nitrogens is 1. The summed E-state index contributed by atoms with van der Waals surface area (Å²) < 4.78 is 38.3. The average Bonchev–Trinajstić information content (AvgIpc) is 3.17. The minimum Gasteiger partial charge on any atom is -0.385 e. The first-order chi connectivity index (χ1) is 9.38. The Labute approximate surface area is 114 Å². The summed E-state index contributed by atoms with van der Waals surface area (Å²) in [5, 5.41) is 5.11. The molecule has 0 bridgehead atoms. The van der Waals surface area contributed by atoms with Crippen LogP contribution in [0.3, 0.4) is 0 Å². The fourth-order valence-corrected chi connectivity index (χ4v) is 1.82. The third kappa shape index (κ3) is 3.02. The van der Waals surface area contributed by atoms with E-state index in [2.05, 4.69) is 15.6 Å². The maximum Gasteiger partial charge on any atom is 0.411 e. The highest BCUT2D eigenvalue weighted by Gasteiger charge is 2.64. The van der Waals surface area contributed by atoms with Gasteiger partial charge >= 0.3 is 6.18 Å². The molecule has 2 N–H and O–H groups in total. The van der Waals surface area contributed by atoms with Crippen LogP contribution >= 0.6 is 0 Å². The van der Waals surface area contributed by atoms with E-state index >= 15 is 0 Å². The second-order valence-electron chi connectivity index (χ2n) is 4.89. The summed E-state index contributed by atoms with van der Waals surface area (Å²) in [6.07, 6.45) is -2.26. The zero-order valence-corrected chi connectivity index (χ0v) is 11.0. The number of rotatable bonds is 5. The van der Waals surface area contributed by atoms with Crippen LogP contribution in [0.1, 0.15) is 36.7 Å². The third-order valence-corrected chi connectivity index (χ3v) is 3.22. The fourth-order valence-electron chi connectivity index (χ4n) is 1.82. The molecule has 20 heavy (non-hydrogen) atoms. The van der Waals surface area contributed by atoms with Gasteiger partial charge in [-0.2, -0.15) is 13.2 Å². The van der Waals surface area contributed by atoms with Crippen LogP contribution in [-0.4, -0.2) is 29.2 Å². The molecule has 1 aliphatic rings. The molecule has 1 amide bonds. The Hall–Kier alpha value is -1.79. The number of anilines is 1. The van der Waals surface area contributed by atoms with Gasteiger partial charge in [-0.15, -0.1) is 0 Å². The van der Waals surface area contributed by atoms with E-state index in [9.17, 15) is 18.0 Å². The number of nitrogens with one attached hydrogen (secondary N) is 2. The lowest BCUT2D eigenvalue weighted by atomic mass is 10.2. The van der Waals surface area contributed by atoms with Gasteiger partial charge in [0.05, 0.1) is 0 Å². The van der Waals surface area contributed by atoms with E-state index in [0.717, 1.165) is 13.0 Å². The largest absolute Gasteiger partial charge is 0.411 e. The highest BCUT2D eigenvalue weighted by molar-refractivity contribution is 5.94. The van der Waals surface area contributed by atoms with E-state index in [0.29, 0.717) is 5.69 Å². The number of pyridine rings is 1. The molecule has 1 fully saturated rings. The minimum atomic E-state index is -4.42. The number of alkyl halides is 3. The van der Waals surface area contributed by atoms with Gasteiger partial charge in [-0.3, -0.25) is 9.78 Å². The van der Waals surface area contributed by atoms with Gasteiger partial charge in [0.1, 0.15) is 11.2 Å². The first-order valence-electron chi connectivity index (χ1n) is 6.47. The van der Waals surface area contributed by atoms with Crippen LogP contribution in [0.15, 0.2) is 18.3 Å². The average molecular weight is 287 g/mol. The minimum absolute atomic E-state index is 0.0124. The SMILES string of the molecule is CCCNc1ccnc(C(=O)NC2(C(F)(F)F)CC2)c1. The summed E-state index contributed by atoms with van der Waals surface area (Å²) in [5.74, 6) is -0.792. The van der Waals surface area contributed by atoms with Crippen LogP contribution in [-0.2, 0) is 0 Å². The van der Waals surface area contributed by atoms with Crippen molar-refractivity contribution in [2.45, 2.75) is 37.9 Å². The summed E-state index contributed by atoms with van der Waals surface area (Å²) in [6, 6.07) is 3.13. The Bertz CT molecular complexity index is 498. The first-order valence-corrected chi connectivity index (χ1v) is 6.47. The van der Waals surface area contributed by atoms with Crippen molar-refractivity contribution in [1.82, 2.24) is 10.3 Å². The van der Waals surface area contributed by atoms with Gasteiger partial charge in [0.2, 0.25) is 0 Å². The highest BCUT2D eigenvalue weighted by Crippen LogP contribution is 2.49. The molecular weight excluding hydrogens is 271 g/mol. The molecular formula is C13H16F3N3O. The molecule has 0 aromatic carbocycles. The van der Waals surface area contributed by atoms with Gasteiger partial charge in [0.15, 0.2) is 0 Å². The molecule has 1 aliphatic carbocycles. The Balaban J connectivity index is 2.06. The second-order valence-corrected chi connectivity index (χ2v) is 4.89. The summed E-state index contributed by atoms with van der Waals surface area (Å²) >= 11 is 0. The fraction of sp³-hybridized carbons (Fsp3) is 0.538. The van der Waals surface area contributed by atoms with E-state index in [1.165, 1.54) is 12.3 Å². The molecule has 0 aliphatic heterocycles. The van der Waals surface area contributed by atoms with Gasteiger partial charge < -0.3 is 10.6 Å². The molecule has 0 saturated heterocycles. The standard InChI is InChI=1S/C13H16F3N3O/c1-2-6-17-9-3-7-18-10(8-9)11(20)19-12(4-5-12)13(14,15)16/h3,7-8H,2,4-6H2,1H3,(H,17,18)(H,19,20). The van der Waals surface area contributed by atoms with Crippen molar-refractivity contribution in [2.24, 2.45) is 0 Å². The molecule has 1 aromatic rings. The van der Waals surface area contributed by atoms with Crippen molar-refractivity contribution in [3.05, 3.63) is 24.0 Å². The Kier molecular flexibility index (Phi) is 3.87. The maximum atomic E-state index is 12.8. The number of halogens is 3. The van der Waals surface area contributed by atoms with Gasteiger partial charge in [-0.1, -0.05) is 6.92 Å². The molecule has 0 spiro atoms. The highest BCUT2D eigenvalue weighted by atomic mass is 19.4. The summed E-state index contributed by atoms with van der Waals surface area (Å²) in [6.45, 7) is 2.71. The Morgan fingerprint density at radius 2 is 2.15 bits per heavy atom. The summed E-state index contributed by atoms with van der Waals surface area (Å²) in [4.78, 5) is 15.7. The maximum absolute atomic E-state index is 12.8. The van der Waals surface area contributed by atoms with Crippen molar-refractivity contribution < 1.29 is 18.0 Å². The predicted molar refractivity (Wildman–Crippen MR) is 68.5 cm³/mol. The van der Waals surface area contributed by atoms with Crippen molar-refractivity contribution in [3.63, 3.8) is 0 Å². The Morgan fingerprint density at radius 3 is 2.70 bits per heavy atom. The lowest BCUT2D eigenvalue weighted by molar-refractivity contribution is -0.163. The van der Waals surface area contributed by atoms with E-state index in [4.69, 9.17) is 0 Å². The normalized spacial score (nSPS) is 16.6. The molecule has 4 nitrogen and oxygen atoms in total. The number of amides is 1. The molecule has 0 unspecified atom stereocenters. The molecule has 110 valence electrons. The van der Waals surface area contributed by atoms with Crippen LogP contribution in [0.5, 0.6) is 0 Å². The summed E-state index contributed by atoms with van der Waals surface area (Å²) in [7, 11) is 0. The number of hydrogen-bond donors (Lipinski definition) is 2. The molecule has 0 atom stereocenters. The Morgan fingerprint density at radius 1 is 1.45 bits per heavy atom. The number of carbonyl (C=O) groups is 1. The van der Waals surface area contributed by atoms with Gasteiger partial charge in [0.25, 0.3) is 5.91 Å². The van der Waals surface area contributed by atoms with E-state index in [1.807, 2.05) is 6.92 Å². The van der Waals surface area contributed by atoms with E-state index in [-0.39, 0.29) is 18.5 Å². The van der Waals surface area contributed by atoms with Crippen molar-refractivity contribution in [2.75, 3.05) is 11.9 Å². The predicted octanol–water partition coefficient (Wildman–Crippen LogP) is 2.73. The van der Waals surface area contributed by atoms with Crippen LogP contribution in [0.25, 0.3) is 0 Å². The van der Waals surface area contributed by atoms with Gasteiger partial charge in [-0.05, 0) is 31.4 Å². The van der Waals surface area contributed by atoms with Crippen molar-refractivity contribution in [3.8, 4) is 0 Å². The molecule has 2 rings (SSSR count). The zero-order chi connectivity index (χ0) is 14.8. The molecule has 1 saturated carbocycles. The molecule has 1 aromatic heterocycles. The first kappa shape index (κ1) is 14.6. The zero-order valence-electron chi connectivity index (χ0n) is 11.0. The van der Waals surface area contributed by atoms with Crippen LogP contribution in [0.4, 0.5) is 18.9 Å². The lowest BCUT2D eigenvalue weighted by Gasteiger charge is -2.20. The van der Waals surface area contributed by atoms with E-state index < -0.39 is 17.6 Å². The quantitative estimate of drug-likeness (QED) is 0.875. The molecule has 1 heterocycles. The van der Waals surface area contributed by atoms with Gasteiger partial charge in [0, 0.05) is 18.4 Å². The summed E-state index contributed by atoms with van der Waals surface area (Å²) in [5.41, 5.74) is -1.40. The topological polar surface area (TPSA) is 54.0 Å². The van der Waals surface area contributed by atoms with Crippen LogP contribution in [0.2, 0.25) is 0 Å². The van der Waals surface area contributed by atoms with Crippen molar-refractivity contribution in [1.29, 1.82) is 0 Å². The van der Waals surface area contributed by atoms with Crippen LogP contribution < -0.4 is 10.6 Å². The number of hydrogen-bond acceptors (Lipinski definition) is 3. The number of nitrogens with zero attached hydrogens (tertiary/aromatic N) is 1. The number of carbonyl (C=O) groups excluding carboxylic acids is 1. The molecule has 7 heteroatoms. The van der Waals surface area contributed by atoms with Gasteiger partial charge in [-0.25, -0.2) is 0 Å². The molecule has 0 radical (unpaired) electrons. The van der Waals surface area contributed by atoms with Crippen molar-refractivity contribution >= 4 is 11.6 Å². The third-order valence-electron chi connectivity index (χ3n) is 3.22. The monoisotopic (exact) mass is 287 g/mol. The second kappa shape index (κ2) is 5.30.